The molecule has 0 radical (unpaired) electrons. The monoisotopic (exact) mass is 735 g/mol. The van der Waals surface area contributed by atoms with Gasteiger partial charge in [-0.15, -0.1) is 0 Å². The summed E-state index contributed by atoms with van der Waals surface area (Å²) in [5.74, 6) is -4.38. The van der Waals surface area contributed by atoms with Crippen molar-refractivity contribution in [1.29, 1.82) is 5.41 Å². The number of rotatable bonds is 23. The summed E-state index contributed by atoms with van der Waals surface area (Å²) in [5.41, 5.74) is 5.93. The number of likely N-dealkylation sites (N-methyl/N-ethyl adjacent to an activating group) is 1. The van der Waals surface area contributed by atoms with E-state index in [0.29, 0.717) is 18.4 Å². The number of hydrogen-bond acceptors (Lipinski definition) is 11. The first kappa shape index (κ1) is 45.2. The van der Waals surface area contributed by atoms with Crippen LogP contribution in [0, 0.1) is 11.3 Å². The average molecular weight is 736 g/mol. The second-order valence-electron chi connectivity index (χ2n) is 12.7. The minimum atomic E-state index is -1.33. The lowest BCUT2D eigenvalue weighted by molar-refractivity contribution is -0.146. The summed E-state index contributed by atoms with van der Waals surface area (Å²) in [4.78, 5) is 80.7. The molecule has 0 saturated heterocycles. The molecule has 1 rings (SSSR count). The number of phenols is 1. The molecular formula is C34H57N9O9. The van der Waals surface area contributed by atoms with Gasteiger partial charge in [-0.05, 0) is 56.3 Å². The average Bonchev–Trinajstić information content (AvgIpc) is 3.08. The van der Waals surface area contributed by atoms with Crippen molar-refractivity contribution in [2.45, 2.75) is 90.0 Å². The first-order valence-electron chi connectivity index (χ1n) is 17.2. The normalized spacial score (nSPS) is 13.8. The highest BCUT2D eigenvalue weighted by molar-refractivity contribution is 6.00. The molecule has 1 aromatic rings. The Labute approximate surface area is 304 Å². The van der Waals surface area contributed by atoms with E-state index in [1.54, 1.807) is 19.1 Å². The minimum absolute atomic E-state index is 0.000974. The molecular weight excluding hydrogens is 678 g/mol. The number of phenolic OH excluding ortho intramolecular Hbond substituents is 1. The first-order chi connectivity index (χ1) is 24.6. The Morgan fingerprint density at radius 1 is 0.885 bits per heavy atom. The fraction of sp³-hybridized carbons (Fsp3) is 0.618. The van der Waals surface area contributed by atoms with Crippen LogP contribution in [0.2, 0.25) is 0 Å². The molecule has 0 saturated carbocycles. The summed E-state index contributed by atoms with van der Waals surface area (Å²) in [7, 11) is 2.78. The largest absolute Gasteiger partial charge is 0.508 e. The zero-order valence-electron chi connectivity index (χ0n) is 30.9. The third-order valence-corrected chi connectivity index (χ3v) is 7.86. The number of ether oxygens (including phenoxy) is 1. The molecule has 6 amide bonds. The number of amides is 6. The number of hydrogen-bond donors (Lipinski definition) is 10. The van der Waals surface area contributed by atoms with Crippen LogP contribution in [0.3, 0.4) is 0 Å². The van der Waals surface area contributed by atoms with Gasteiger partial charge in [0.2, 0.25) is 29.5 Å². The Bertz CT molecular complexity index is 1340. The van der Waals surface area contributed by atoms with E-state index in [-0.39, 0.29) is 56.6 Å². The molecule has 18 heteroatoms. The number of guanidine groups is 1. The van der Waals surface area contributed by atoms with Crippen LogP contribution >= 0.6 is 0 Å². The highest BCUT2D eigenvalue weighted by Crippen LogP contribution is 2.13. The molecule has 292 valence electrons. The van der Waals surface area contributed by atoms with Crippen LogP contribution in [-0.4, -0.2) is 127 Å². The van der Waals surface area contributed by atoms with Crippen LogP contribution in [0.5, 0.6) is 5.75 Å². The summed E-state index contributed by atoms with van der Waals surface area (Å²) in [5, 5.41) is 42.4. The number of nitrogens with zero attached hydrogens (tertiary/aromatic N) is 1. The van der Waals surface area contributed by atoms with E-state index >= 15 is 0 Å². The molecule has 52 heavy (non-hydrogen) atoms. The van der Waals surface area contributed by atoms with Gasteiger partial charge in [0.1, 0.15) is 36.0 Å². The molecule has 0 heterocycles. The van der Waals surface area contributed by atoms with E-state index in [1.165, 1.54) is 33.2 Å². The zero-order valence-corrected chi connectivity index (χ0v) is 30.9. The van der Waals surface area contributed by atoms with Crippen molar-refractivity contribution >= 4 is 41.4 Å². The number of nitrogens with one attached hydrogen (secondary N) is 7. The van der Waals surface area contributed by atoms with Crippen LogP contribution in [-0.2, 0) is 39.9 Å². The molecule has 0 bridgehead atoms. The van der Waals surface area contributed by atoms with Gasteiger partial charge in [0, 0.05) is 33.5 Å². The third kappa shape index (κ3) is 16.0. The highest BCUT2D eigenvalue weighted by Gasteiger charge is 2.34. The van der Waals surface area contributed by atoms with Crippen LogP contribution in [0.15, 0.2) is 24.3 Å². The smallest absolute Gasteiger partial charge is 0.251 e. The van der Waals surface area contributed by atoms with Crippen molar-refractivity contribution in [1.82, 2.24) is 36.8 Å². The Morgan fingerprint density at radius 2 is 1.42 bits per heavy atom. The van der Waals surface area contributed by atoms with E-state index in [2.05, 4.69) is 31.9 Å². The number of nitrogens with two attached hydrogens (primary N) is 1. The molecule has 0 aromatic heterocycles. The maximum atomic E-state index is 13.7. The number of aliphatic hydroxyl groups excluding tert-OH is 1. The first-order valence-corrected chi connectivity index (χ1v) is 17.2. The van der Waals surface area contributed by atoms with Gasteiger partial charge >= 0.3 is 0 Å². The van der Waals surface area contributed by atoms with Crippen molar-refractivity contribution in [3.05, 3.63) is 29.8 Å². The molecule has 0 aliphatic carbocycles. The summed E-state index contributed by atoms with van der Waals surface area (Å²) < 4.78 is 5.21. The molecule has 0 fully saturated rings. The maximum absolute atomic E-state index is 13.7. The van der Waals surface area contributed by atoms with Crippen molar-refractivity contribution < 1.29 is 43.7 Å². The number of aliphatic hydroxyl groups is 1. The van der Waals surface area contributed by atoms with Crippen LogP contribution in [0.25, 0.3) is 0 Å². The SMILES string of the molecule is CCCN(C(C)=O)C(=O)[C@H](CCCNC(=N)N)NC(=O)[C@H](CC(C)C)NC(=O)[C@@H](COC)NC(=O)[C@H](Cc1ccc(O)cc1)NC(=O)[C@H](CO)NC. The topological polar surface area (TPSA) is 277 Å². The minimum Gasteiger partial charge on any atom is -0.508 e. The lowest BCUT2D eigenvalue weighted by atomic mass is 10.0. The van der Waals surface area contributed by atoms with Gasteiger partial charge in [-0.2, -0.15) is 0 Å². The Morgan fingerprint density at radius 3 is 1.94 bits per heavy atom. The second kappa shape index (κ2) is 23.6. The van der Waals surface area contributed by atoms with Crippen LogP contribution in [0.1, 0.15) is 58.9 Å². The number of imide groups is 1. The number of carbonyl (C=O) groups excluding carboxylic acids is 6. The van der Waals surface area contributed by atoms with E-state index in [9.17, 15) is 39.0 Å². The number of benzene rings is 1. The standard InChI is InChI=1S/C34H57N9O9/c1-7-15-43(21(4)45)33(51)24(9-8-14-38-34(35)36)39-29(47)25(16-20(2)3)40-32(50)28(19-52-6)42-30(48)26(41-31(49)27(18-44)37-5)17-22-10-12-23(46)13-11-22/h10-13,20,24-28,37,44,46H,7-9,14-19H2,1-6H3,(H,39,47)(H,40,50)(H,41,49)(H,42,48)(H4,35,36,38)/t24-,25-,26-,27-,28+/m0/s1. The lowest BCUT2D eigenvalue weighted by Crippen LogP contribution is -2.60. The Kier molecular flexibility index (Phi) is 20.5. The molecule has 5 atom stereocenters. The van der Waals surface area contributed by atoms with Crippen LogP contribution < -0.4 is 37.6 Å². The summed E-state index contributed by atoms with van der Waals surface area (Å²) in [6, 6.07) is 0.0836. The molecule has 18 nitrogen and oxygen atoms in total. The number of aromatic hydroxyl groups is 1. The van der Waals surface area contributed by atoms with Gasteiger partial charge in [-0.25, -0.2) is 0 Å². The van der Waals surface area contributed by atoms with Crippen LogP contribution in [0.4, 0.5) is 0 Å². The molecule has 0 spiro atoms. The summed E-state index contributed by atoms with van der Waals surface area (Å²) in [6.45, 7) is 6.23. The molecule has 0 aliphatic rings. The number of carbonyl (C=O) groups is 6. The molecule has 0 unspecified atom stereocenters. The van der Waals surface area contributed by atoms with E-state index in [0.717, 1.165) is 4.90 Å². The van der Waals surface area contributed by atoms with Gasteiger partial charge in [0.25, 0.3) is 5.91 Å². The predicted molar refractivity (Wildman–Crippen MR) is 193 cm³/mol. The van der Waals surface area contributed by atoms with E-state index in [4.69, 9.17) is 15.9 Å². The third-order valence-electron chi connectivity index (χ3n) is 7.86. The van der Waals surface area contributed by atoms with E-state index in [1.807, 2.05) is 13.8 Å². The Balaban J connectivity index is 3.30. The van der Waals surface area contributed by atoms with E-state index < -0.39 is 72.3 Å². The summed E-state index contributed by atoms with van der Waals surface area (Å²) >= 11 is 0. The molecule has 1 aromatic carbocycles. The van der Waals surface area contributed by atoms with Crippen molar-refractivity contribution in [2.75, 3.05) is 40.5 Å². The van der Waals surface area contributed by atoms with Gasteiger partial charge in [-0.1, -0.05) is 32.9 Å². The van der Waals surface area contributed by atoms with Gasteiger partial charge in [0.05, 0.1) is 13.2 Å². The van der Waals surface area contributed by atoms with Gasteiger partial charge in [-0.3, -0.25) is 39.1 Å². The Hall–Kier alpha value is -4.81. The predicted octanol–water partition coefficient (Wildman–Crippen LogP) is -1.80. The fourth-order valence-corrected chi connectivity index (χ4v) is 5.15. The second-order valence-corrected chi connectivity index (χ2v) is 12.7. The maximum Gasteiger partial charge on any atom is 0.251 e. The molecule has 11 N–H and O–H groups in total. The quantitative estimate of drug-likeness (QED) is 0.0339. The van der Waals surface area contributed by atoms with Crippen molar-refractivity contribution in [3.63, 3.8) is 0 Å². The lowest BCUT2D eigenvalue weighted by Gasteiger charge is -2.29. The van der Waals surface area contributed by atoms with Gasteiger partial charge in [0.15, 0.2) is 5.96 Å². The van der Waals surface area contributed by atoms with Gasteiger partial charge < -0.3 is 52.6 Å². The molecule has 0 aliphatic heterocycles. The summed E-state index contributed by atoms with van der Waals surface area (Å²) in [6.07, 6.45) is 1.02. The van der Waals surface area contributed by atoms with Crippen molar-refractivity contribution in [3.8, 4) is 5.75 Å². The fourth-order valence-electron chi connectivity index (χ4n) is 5.15. The zero-order chi connectivity index (χ0) is 39.4. The number of methoxy groups -OCH3 is 1. The van der Waals surface area contributed by atoms with Crippen molar-refractivity contribution in [2.24, 2.45) is 11.7 Å². The highest BCUT2D eigenvalue weighted by atomic mass is 16.5.